The van der Waals surface area contributed by atoms with Crippen molar-refractivity contribution in [2.45, 2.75) is 19.0 Å². The van der Waals surface area contributed by atoms with E-state index in [2.05, 4.69) is 6.92 Å². The Morgan fingerprint density at radius 3 is 2.80 bits per heavy atom. The Balaban J connectivity index is 2.68. The van der Waals surface area contributed by atoms with Crippen LogP contribution in [-0.2, 0) is 9.53 Å². The van der Waals surface area contributed by atoms with E-state index < -0.39 is 6.04 Å². The summed E-state index contributed by atoms with van der Waals surface area (Å²) in [6.07, 6.45) is 0. The molecule has 0 aromatic rings. The second kappa shape index (κ2) is 5.44. The molecule has 2 atom stereocenters. The molecule has 1 aliphatic rings. The van der Waals surface area contributed by atoms with Crippen molar-refractivity contribution in [3.05, 3.63) is 0 Å². The van der Waals surface area contributed by atoms with Crippen LogP contribution < -0.4 is 0 Å². The molecule has 1 N–H and O–H groups in total. The Hall–Kier alpha value is -0.650. The highest BCUT2D eigenvalue weighted by atomic mass is 16.5. The van der Waals surface area contributed by atoms with Gasteiger partial charge in [0.15, 0.2) is 0 Å². The lowest BCUT2D eigenvalue weighted by molar-refractivity contribution is -0.145. The Bertz CT molecular complexity index is 223. The van der Waals surface area contributed by atoms with Crippen LogP contribution in [0.15, 0.2) is 0 Å². The van der Waals surface area contributed by atoms with Crippen LogP contribution >= 0.6 is 0 Å². The number of ether oxygens (including phenoxy) is 1. The van der Waals surface area contributed by atoms with Crippen molar-refractivity contribution < 1.29 is 14.6 Å². The van der Waals surface area contributed by atoms with E-state index in [0.29, 0.717) is 19.7 Å². The number of likely N-dealkylation sites (N-methyl/N-ethyl adjacent to an activating group) is 1. The number of rotatable bonds is 4. The zero-order valence-electron chi connectivity index (χ0n) is 9.64. The number of aliphatic hydroxyl groups excluding tert-OH is 1. The molecule has 0 aliphatic carbocycles. The molecule has 1 amide bonds. The molecule has 1 rings (SSSR count). The summed E-state index contributed by atoms with van der Waals surface area (Å²) in [6, 6.07) is -0.145. The highest BCUT2D eigenvalue weighted by Crippen LogP contribution is 2.15. The van der Waals surface area contributed by atoms with Gasteiger partial charge in [0.05, 0.1) is 13.2 Å². The van der Waals surface area contributed by atoms with E-state index in [1.165, 1.54) is 0 Å². The van der Waals surface area contributed by atoms with E-state index in [1.807, 2.05) is 4.90 Å². The molecule has 88 valence electrons. The lowest BCUT2D eigenvalue weighted by Crippen LogP contribution is -2.61. The average molecular weight is 216 g/mol. The van der Waals surface area contributed by atoms with Crippen molar-refractivity contribution in [1.82, 2.24) is 9.80 Å². The second-order valence-electron chi connectivity index (χ2n) is 4.00. The molecule has 2 unspecified atom stereocenters. The van der Waals surface area contributed by atoms with E-state index in [4.69, 9.17) is 4.74 Å². The molecule has 0 spiro atoms. The smallest absolute Gasteiger partial charge is 0.242 e. The highest BCUT2D eigenvalue weighted by Gasteiger charge is 2.36. The first-order valence-electron chi connectivity index (χ1n) is 5.22. The van der Waals surface area contributed by atoms with E-state index in [-0.39, 0.29) is 18.6 Å². The van der Waals surface area contributed by atoms with Crippen molar-refractivity contribution in [1.29, 1.82) is 0 Å². The molecule has 0 bridgehead atoms. The third-order valence-electron chi connectivity index (χ3n) is 2.89. The van der Waals surface area contributed by atoms with Gasteiger partial charge in [0.2, 0.25) is 5.91 Å². The monoisotopic (exact) mass is 216 g/mol. The summed E-state index contributed by atoms with van der Waals surface area (Å²) in [4.78, 5) is 15.4. The molecule has 1 heterocycles. The molecule has 1 fully saturated rings. The number of hydrogen-bond acceptors (Lipinski definition) is 4. The van der Waals surface area contributed by atoms with Gasteiger partial charge in [0.25, 0.3) is 0 Å². The van der Waals surface area contributed by atoms with E-state index in [1.54, 1.807) is 19.1 Å². The molecule has 5 nitrogen and oxygen atoms in total. The van der Waals surface area contributed by atoms with Gasteiger partial charge in [-0.3, -0.25) is 9.69 Å². The molecule has 0 saturated carbocycles. The van der Waals surface area contributed by atoms with Crippen LogP contribution in [-0.4, -0.2) is 73.4 Å². The Kier molecular flexibility index (Phi) is 4.50. The zero-order chi connectivity index (χ0) is 11.4. The molecule has 5 heteroatoms. The fourth-order valence-electron chi connectivity index (χ4n) is 2.05. The molecule has 0 radical (unpaired) electrons. The van der Waals surface area contributed by atoms with Gasteiger partial charge >= 0.3 is 0 Å². The fraction of sp³-hybridized carbons (Fsp3) is 0.900. The van der Waals surface area contributed by atoms with E-state index >= 15 is 0 Å². The van der Waals surface area contributed by atoms with Gasteiger partial charge in [-0.05, 0) is 6.92 Å². The summed E-state index contributed by atoms with van der Waals surface area (Å²) in [5.41, 5.74) is 0. The Labute approximate surface area is 90.6 Å². The van der Waals surface area contributed by atoms with Crippen LogP contribution in [0, 0.1) is 0 Å². The second-order valence-corrected chi connectivity index (χ2v) is 4.00. The van der Waals surface area contributed by atoms with Crippen molar-refractivity contribution in [3.8, 4) is 0 Å². The topological polar surface area (TPSA) is 53.0 Å². The van der Waals surface area contributed by atoms with Gasteiger partial charge in [0, 0.05) is 33.3 Å². The number of piperazine rings is 1. The van der Waals surface area contributed by atoms with E-state index in [9.17, 15) is 9.90 Å². The first-order valence-corrected chi connectivity index (χ1v) is 5.22. The van der Waals surface area contributed by atoms with Crippen LogP contribution in [0.25, 0.3) is 0 Å². The van der Waals surface area contributed by atoms with Crippen molar-refractivity contribution in [2.75, 3.05) is 40.5 Å². The Morgan fingerprint density at radius 2 is 2.27 bits per heavy atom. The number of carbonyl (C=O) groups is 1. The quantitative estimate of drug-likeness (QED) is 0.665. The third-order valence-corrected chi connectivity index (χ3v) is 2.89. The predicted octanol–water partition coefficient (Wildman–Crippen LogP) is -0.844. The summed E-state index contributed by atoms with van der Waals surface area (Å²) in [5, 5.41) is 9.24. The third kappa shape index (κ3) is 2.68. The maximum Gasteiger partial charge on any atom is 0.242 e. The normalized spacial score (nSPS) is 28.5. The number of aliphatic hydroxyl groups is 1. The van der Waals surface area contributed by atoms with Crippen LogP contribution in [0.2, 0.25) is 0 Å². The summed E-state index contributed by atoms with van der Waals surface area (Å²) in [7, 11) is 3.41. The lowest BCUT2D eigenvalue weighted by Gasteiger charge is -2.42. The van der Waals surface area contributed by atoms with Gasteiger partial charge in [-0.1, -0.05) is 0 Å². The molecule has 0 aromatic heterocycles. The zero-order valence-corrected chi connectivity index (χ0v) is 9.64. The van der Waals surface area contributed by atoms with Gasteiger partial charge in [-0.25, -0.2) is 0 Å². The maximum absolute atomic E-state index is 11.8. The number of amides is 1. The van der Waals surface area contributed by atoms with Gasteiger partial charge in [0.1, 0.15) is 6.04 Å². The largest absolute Gasteiger partial charge is 0.394 e. The summed E-state index contributed by atoms with van der Waals surface area (Å²) in [5.74, 6) is -0.00768. The van der Waals surface area contributed by atoms with Crippen molar-refractivity contribution >= 4 is 5.91 Å². The van der Waals surface area contributed by atoms with Gasteiger partial charge < -0.3 is 14.7 Å². The average Bonchev–Trinajstić information content (AvgIpc) is 2.21. The molecular weight excluding hydrogens is 196 g/mol. The fourth-order valence-corrected chi connectivity index (χ4v) is 2.05. The summed E-state index contributed by atoms with van der Waals surface area (Å²) >= 11 is 0. The van der Waals surface area contributed by atoms with Crippen molar-refractivity contribution in [3.63, 3.8) is 0 Å². The van der Waals surface area contributed by atoms with Crippen LogP contribution in [0.3, 0.4) is 0 Å². The number of hydrogen-bond donors (Lipinski definition) is 1. The van der Waals surface area contributed by atoms with Gasteiger partial charge in [-0.15, -0.1) is 0 Å². The van der Waals surface area contributed by atoms with Crippen LogP contribution in [0.4, 0.5) is 0 Å². The number of methoxy groups -OCH3 is 1. The van der Waals surface area contributed by atoms with Gasteiger partial charge in [-0.2, -0.15) is 0 Å². The summed E-state index contributed by atoms with van der Waals surface area (Å²) < 4.78 is 5.00. The minimum absolute atomic E-state index is 0.00768. The van der Waals surface area contributed by atoms with Crippen LogP contribution in [0.1, 0.15) is 6.92 Å². The molecule has 1 aliphatic heterocycles. The van der Waals surface area contributed by atoms with E-state index in [0.717, 1.165) is 0 Å². The maximum atomic E-state index is 11.8. The molecular formula is C10H20N2O3. The lowest BCUT2D eigenvalue weighted by atomic mass is 10.1. The van der Waals surface area contributed by atoms with Crippen molar-refractivity contribution in [2.24, 2.45) is 0 Å². The molecule has 0 aromatic carbocycles. The first-order chi connectivity index (χ1) is 7.11. The minimum Gasteiger partial charge on any atom is -0.394 e. The number of carbonyl (C=O) groups excluding carboxylic acids is 1. The number of nitrogens with zero attached hydrogens (tertiary/aromatic N) is 2. The summed E-state index contributed by atoms with van der Waals surface area (Å²) in [6.45, 7) is 3.90. The SMILES string of the molecule is COCCN1C(C)CN(C)C(=O)C1CO. The first kappa shape index (κ1) is 12.4. The standard InChI is InChI=1S/C10H20N2O3/c1-8-6-11(2)10(14)9(7-13)12(8)4-5-15-3/h8-9,13H,4-7H2,1-3H3. The van der Waals surface area contributed by atoms with Crippen LogP contribution in [0.5, 0.6) is 0 Å². The Morgan fingerprint density at radius 1 is 1.60 bits per heavy atom. The minimum atomic E-state index is -0.408. The molecule has 1 saturated heterocycles. The predicted molar refractivity (Wildman–Crippen MR) is 56.6 cm³/mol. The highest BCUT2D eigenvalue weighted by molar-refractivity contribution is 5.82. The molecule has 15 heavy (non-hydrogen) atoms.